The first-order valence-corrected chi connectivity index (χ1v) is 5.34. The van der Waals surface area contributed by atoms with Gasteiger partial charge in [0.2, 0.25) is 0 Å². The molecule has 88 valence electrons. The topological polar surface area (TPSA) is 58.6 Å². The summed E-state index contributed by atoms with van der Waals surface area (Å²) in [5.74, 6) is -0.0314. The molecule has 0 atom stereocenters. The molecule has 0 aliphatic rings. The Labute approximate surface area is 101 Å². The summed E-state index contributed by atoms with van der Waals surface area (Å²) in [6.07, 6.45) is 3.24. The standard InChI is InChI=1S/C13H8FN3O/c14-9-3-4-11-10(6-9)13(18)17-12(16-11)8-2-1-5-15-7-8/h1-7H,(H,16,17,18). The van der Waals surface area contributed by atoms with E-state index in [2.05, 4.69) is 15.0 Å². The summed E-state index contributed by atoms with van der Waals surface area (Å²) < 4.78 is 13.0. The molecule has 18 heavy (non-hydrogen) atoms. The molecular weight excluding hydrogens is 233 g/mol. The molecule has 0 saturated heterocycles. The van der Waals surface area contributed by atoms with Crippen LogP contribution in [0.1, 0.15) is 0 Å². The second-order valence-electron chi connectivity index (χ2n) is 3.82. The van der Waals surface area contributed by atoms with Crippen LogP contribution in [0.15, 0.2) is 47.5 Å². The van der Waals surface area contributed by atoms with E-state index in [4.69, 9.17) is 0 Å². The molecule has 2 aromatic heterocycles. The van der Waals surface area contributed by atoms with Crippen molar-refractivity contribution in [2.45, 2.75) is 0 Å². The van der Waals surface area contributed by atoms with Crippen LogP contribution in [0.3, 0.4) is 0 Å². The van der Waals surface area contributed by atoms with Crippen molar-refractivity contribution in [3.05, 3.63) is 58.9 Å². The number of hydrogen-bond donors (Lipinski definition) is 1. The van der Waals surface area contributed by atoms with E-state index in [-0.39, 0.29) is 10.9 Å². The van der Waals surface area contributed by atoms with E-state index in [0.29, 0.717) is 16.9 Å². The predicted octanol–water partition coefficient (Wildman–Crippen LogP) is 2.12. The van der Waals surface area contributed by atoms with E-state index in [0.717, 1.165) is 0 Å². The molecule has 3 rings (SSSR count). The SMILES string of the molecule is O=c1[nH]c(-c2cccnc2)nc2ccc(F)cc12. The summed E-state index contributed by atoms with van der Waals surface area (Å²) in [6, 6.07) is 7.49. The minimum atomic E-state index is -0.455. The highest BCUT2D eigenvalue weighted by molar-refractivity contribution is 5.79. The molecule has 0 radical (unpaired) electrons. The van der Waals surface area contributed by atoms with Gasteiger partial charge in [0.05, 0.1) is 10.9 Å². The van der Waals surface area contributed by atoms with Crippen LogP contribution < -0.4 is 5.56 Å². The third-order valence-corrected chi connectivity index (χ3v) is 2.60. The summed E-state index contributed by atoms with van der Waals surface area (Å²) in [4.78, 5) is 22.7. The molecular formula is C13H8FN3O. The van der Waals surface area contributed by atoms with Crippen LogP contribution in [0, 0.1) is 5.82 Å². The summed E-state index contributed by atoms with van der Waals surface area (Å²) in [6.45, 7) is 0. The monoisotopic (exact) mass is 241 g/mol. The Hall–Kier alpha value is -2.56. The van der Waals surface area contributed by atoms with Crippen LogP contribution in [0.2, 0.25) is 0 Å². The number of aromatic amines is 1. The van der Waals surface area contributed by atoms with Gasteiger partial charge in [0.25, 0.3) is 5.56 Å². The van der Waals surface area contributed by atoms with Gasteiger partial charge >= 0.3 is 0 Å². The van der Waals surface area contributed by atoms with Gasteiger partial charge in [0, 0.05) is 18.0 Å². The van der Waals surface area contributed by atoms with Gasteiger partial charge in [-0.2, -0.15) is 0 Å². The largest absolute Gasteiger partial charge is 0.306 e. The van der Waals surface area contributed by atoms with Crippen LogP contribution in [0.25, 0.3) is 22.3 Å². The smallest absolute Gasteiger partial charge is 0.259 e. The van der Waals surface area contributed by atoms with Gasteiger partial charge in [0.15, 0.2) is 0 Å². The van der Waals surface area contributed by atoms with Crippen LogP contribution in [-0.4, -0.2) is 15.0 Å². The first kappa shape index (κ1) is 10.6. The number of halogens is 1. The number of rotatable bonds is 1. The number of nitrogens with one attached hydrogen (secondary N) is 1. The minimum absolute atomic E-state index is 0.239. The lowest BCUT2D eigenvalue weighted by atomic mass is 10.2. The Kier molecular flexibility index (Phi) is 2.37. The zero-order valence-corrected chi connectivity index (χ0v) is 9.22. The van der Waals surface area contributed by atoms with Crippen molar-refractivity contribution in [3.8, 4) is 11.4 Å². The number of H-pyrrole nitrogens is 1. The summed E-state index contributed by atoms with van der Waals surface area (Å²) in [7, 11) is 0. The number of hydrogen-bond acceptors (Lipinski definition) is 3. The van der Waals surface area contributed by atoms with Crippen molar-refractivity contribution in [1.82, 2.24) is 15.0 Å². The van der Waals surface area contributed by atoms with Crippen molar-refractivity contribution in [1.29, 1.82) is 0 Å². The van der Waals surface area contributed by atoms with Crippen molar-refractivity contribution >= 4 is 10.9 Å². The molecule has 1 aromatic carbocycles. The Morgan fingerprint density at radius 2 is 2.11 bits per heavy atom. The first-order valence-electron chi connectivity index (χ1n) is 5.34. The Morgan fingerprint density at radius 3 is 2.89 bits per heavy atom. The maximum atomic E-state index is 13.0. The molecule has 0 fully saturated rings. The van der Waals surface area contributed by atoms with Gasteiger partial charge in [-0.3, -0.25) is 9.78 Å². The van der Waals surface area contributed by atoms with Crippen LogP contribution in [0.5, 0.6) is 0 Å². The molecule has 4 nitrogen and oxygen atoms in total. The maximum Gasteiger partial charge on any atom is 0.259 e. The quantitative estimate of drug-likeness (QED) is 0.710. The van der Waals surface area contributed by atoms with Crippen LogP contribution in [-0.2, 0) is 0 Å². The highest BCUT2D eigenvalue weighted by Gasteiger charge is 2.06. The Morgan fingerprint density at radius 1 is 1.22 bits per heavy atom. The minimum Gasteiger partial charge on any atom is -0.306 e. The summed E-state index contributed by atoms with van der Waals surface area (Å²) in [5.41, 5.74) is 0.804. The third kappa shape index (κ3) is 1.75. The van der Waals surface area contributed by atoms with Crippen molar-refractivity contribution in [3.63, 3.8) is 0 Å². The number of aromatic nitrogens is 3. The zero-order valence-electron chi connectivity index (χ0n) is 9.22. The van der Waals surface area contributed by atoms with Gasteiger partial charge in [-0.05, 0) is 30.3 Å². The zero-order chi connectivity index (χ0) is 12.5. The van der Waals surface area contributed by atoms with Gasteiger partial charge in [-0.1, -0.05) is 0 Å². The van der Waals surface area contributed by atoms with Crippen molar-refractivity contribution < 1.29 is 4.39 Å². The van der Waals surface area contributed by atoms with Crippen LogP contribution >= 0.6 is 0 Å². The molecule has 3 aromatic rings. The molecule has 2 heterocycles. The molecule has 0 spiro atoms. The van der Waals surface area contributed by atoms with Crippen molar-refractivity contribution in [2.75, 3.05) is 0 Å². The highest BCUT2D eigenvalue weighted by Crippen LogP contribution is 2.15. The van der Waals surface area contributed by atoms with Gasteiger partial charge in [-0.25, -0.2) is 9.37 Å². The molecule has 0 aliphatic heterocycles. The fraction of sp³-hybridized carbons (Fsp3) is 0. The predicted molar refractivity (Wildman–Crippen MR) is 65.6 cm³/mol. The molecule has 0 unspecified atom stereocenters. The third-order valence-electron chi connectivity index (χ3n) is 2.60. The summed E-state index contributed by atoms with van der Waals surface area (Å²) >= 11 is 0. The summed E-state index contributed by atoms with van der Waals surface area (Å²) in [5, 5.41) is 0.239. The molecule has 0 saturated carbocycles. The highest BCUT2D eigenvalue weighted by atomic mass is 19.1. The normalized spacial score (nSPS) is 10.7. The Balaban J connectivity index is 2.29. The molecule has 5 heteroatoms. The second-order valence-corrected chi connectivity index (χ2v) is 3.82. The number of pyridine rings is 1. The molecule has 0 bridgehead atoms. The van der Waals surface area contributed by atoms with E-state index >= 15 is 0 Å². The van der Waals surface area contributed by atoms with Gasteiger partial charge in [0.1, 0.15) is 11.6 Å². The average Bonchev–Trinajstić information content (AvgIpc) is 2.40. The lowest BCUT2D eigenvalue weighted by molar-refractivity contribution is 0.629. The fourth-order valence-electron chi connectivity index (χ4n) is 1.75. The number of benzene rings is 1. The van der Waals surface area contributed by atoms with Crippen molar-refractivity contribution in [2.24, 2.45) is 0 Å². The van der Waals surface area contributed by atoms with E-state index in [1.54, 1.807) is 24.5 Å². The molecule has 0 aliphatic carbocycles. The molecule has 1 N–H and O–H groups in total. The first-order chi connectivity index (χ1) is 8.74. The van der Waals surface area contributed by atoms with E-state index in [1.165, 1.54) is 18.2 Å². The van der Waals surface area contributed by atoms with E-state index in [1.807, 2.05) is 0 Å². The average molecular weight is 241 g/mol. The van der Waals surface area contributed by atoms with Gasteiger partial charge < -0.3 is 4.98 Å². The second kappa shape index (κ2) is 4.03. The number of nitrogens with zero attached hydrogens (tertiary/aromatic N) is 2. The maximum absolute atomic E-state index is 13.0. The van der Waals surface area contributed by atoms with Gasteiger partial charge in [-0.15, -0.1) is 0 Å². The number of fused-ring (bicyclic) bond motifs is 1. The van der Waals surface area contributed by atoms with Crippen LogP contribution in [0.4, 0.5) is 4.39 Å². The lowest BCUT2D eigenvalue weighted by Crippen LogP contribution is -2.09. The molecule has 0 amide bonds. The van der Waals surface area contributed by atoms with E-state index < -0.39 is 5.82 Å². The fourth-order valence-corrected chi connectivity index (χ4v) is 1.75. The van der Waals surface area contributed by atoms with E-state index in [9.17, 15) is 9.18 Å². The lowest BCUT2D eigenvalue weighted by Gasteiger charge is -2.02. The Bertz CT molecular complexity index is 768.